The SMILES string of the molecule is O=Cc1cccc(-c2ccnc(C(F)F)c2)c1. The maximum atomic E-state index is 12.5. The van der Waals surface area contributed by atoms with E-state index in [-0.39, 0.29) is 5.69 Å². The standard InChI is InChI=1S/C13H9F2NO/c14-13(15)12-7-11(4-5-16-12)10-3-1-2-9(6-10)8-17/h1-8,13H. The molecule has 2 nitrogen and oxygen atoms in total. The van der Waals surface area contributed by atoms with Gasteiger partial charge in [-0.15, -0.1) is 0 Å². The van der Waals surface area contributed by atoms with Crippen LogP contribution in [0.15, 0.2) is 42.6 Å². The van der Waals surface area contributed by atoms with Crippen LogP contribution in [-0.2, 0) is 0 Å². The van der Waals surface area contributed by atoms with Gasteiger partial charge in [-0.3, -0.25) is 9.78 Å². The summed E-state index contributed by atoms with van der Waals surface area (Å²) in [6, 6.07) is 9.74. The molecule has 17 heavy (non-hydrogen) atoms. The summed E-state index contributed by atoms with van der Waals surface area (Å²) in [5.41, 5.74) is 1.59. The summed E-state index contributed by atoms with van der Waals surface area (Å²) in [7, 11) is 0. The minimum absolute atomic E-state index is 0.265. The lowest BCUT2D eigenvalue weighted by atomic mass is 10.0. The average Bonchev–Trinajstić information content (AvgIpc) is 2.39. The molecule has 0 atom stereocenters. The number of pyridine rings is 1. The molecule has 0 fully saturated rings. The number of nitrogens with zero attached hydrogens (tertiary/aromatic N) is 1. The van der Waals surface area contributed by atoms with Crippen molar-refractivity contribution in [3.8, 4) is 11.1 Å². The van der Waals surface area contributed by atoms with Gasteiger partial charge in [-0.25, -0.2) is 8.78 Å². The van der Waals surface area contributed by atoms with Crippen molar-refractivity contribution < 1.29 is 13.6 Å². The lowest BCUT2D eigenvalue weighted by Gasteiger charge is -2.04. The van der Waals surface area contributed by atoms with E-state index < -0.39 is 6.43 Å². The van der Waals surface area contributed by atoms with Crippen LogP contribution < -0.4 is 0 Å². The Kier molecular flexibility index (Phi) is 3.23. The summed E-state index contributed by atoms with van der Waals surface area (Å²) in [6.07, 6.45) is -0.535. The van der Waals surface area contributed by atoms with Crippen LogP contribution in [0.4, 0.5) is 8.78 Å². The number of hydrogen-bond donors (Lipinski definition) is 0. The Morgan fingerprint density at radius 1 is 1.12 bits per heavy atom. The van der Waals surface area contributed by atoms with Crippen LogP contribution in [0.2, 0.25) is 0 Å². The van der Waals surface area contributed by atoms with E-state index in [1.807, 2.05) is 0 Å². The van der Waals surface area contributed by atoms with Gasteiger partial charge in [0.15, 0.2) is 0 Å². The first kappa shape index (κ1) is 11.4. The second-order valence-corrected chi connectivity index (χ2v) is 3.51. The van der Waals surface area contributed by atoms with Crippen LogP contribution in [0.1, 0.15) is 22.5 Å². The molecule has 0 amide bonds. The van der Waals surface area contributed by atoms with E-state index in [1.54, 1.807) is 30.3 Å². The summed E-state index contributed by atoms with van der Waals surface area (Å²) >= 11 is 0. The average molecular weight is 233 g/mol. The minimum atomic E-state index is -2.59. The van der Waals surface area contributed by atoms with Gasteiger partial charge in [0.2, 0.25) is 0 Å². The molecule has 0 saturated heterocycles. The number of halogens is 2. The smallest absolute Gasteiger partial charge is 0.280 e. The van der Waals surface area contributed by atoms with E-state index in [4.69, 9.17) is 0 Å². The van der Waals surface area contributed by atoms with Crippen molar-refractivity contribution >= 4 is 6.29 Å². The third-order valence-electron chi connectivity index (χ3n) is 2.36. The van der Waals surface area contributed by atoms with Gasteiger partial charge in [-0.05, 0) is 29.3 Å². The molecule has 86 valence electrons. The first-order valence-corrected chi connectivity index (χ1v) is 5.00. The molecule has 0 bridgehead atoms. The third-order valence-corrected chi connectivity index (χ3v) is 2.36. The van der Waals surface area contributed by atoms with Gasteiger partial charge >= 0.3 is 0 Å². The Bertz CT molecular complexity index is 540. The number of carbonyl (C=O) groups is 1. The van der Waals surface area contributed by atoms with Gasteiger partial charge in [-0.1, -0.05) is 18.2 Å². The number of carbonyl (C=O) groups excluding carboxylic acids is 1. The fourth-order valence-electron chi connectivity index (χ4n) is 1.54. The van der Waals surface area contributed by atoms with Crippen molar-refractivity contribution in [2.75, 3.05) is 0 Å². The zero-order valence-corrected chi connectivity index (χ0v) is 8.81. The molecular formula is C13H9F2NO. The van der Waals surface area contributed by atoms with Crippen LogP contribution in [0, 0.1) is 0 Å². The number of alkyl halides is 2. The van der Waals surface area contributed by atoms with E-state index in [1.165, 1.54) is 12.3 Å². The highest BCUT2D eigenvalue weighted by molar-refractivity contribution is 5.78. The van der Waals surface area contributed by atoms with Gasteiger partial charge < -0.3 is 0 Å². The molecule has 0 spiro atoms. The number of rotatable bonds is 3. The van der Waals surface area contributed by atoms with Crippen molar-refractivity contribution in [3.05, 3.63) is 53.9 Å². The number of benzene rings is 1. The molecule has 2 aromatic rings. The number of aldehydes is 1. The van der Waals surface area contributed by atoms with E-state index in [9.17, 15) is 13.6 Å². The molecule has 1 aromatic heterocycles. The zero-order chi connectivity index (χ0) is 12.3. The molecule has 1 aromatic carbocycles. The molecule has 0 unspecified atom stereocenters. The molecule has 0 aliphatic rings. The molecule has 2 rings (SSSR count). The first-order valence-electron chi connectivity index (χ1n) is 5.00. The van der Waals surface area contributed by atoms with Crippen LogP contribution in [0.3, 0.4) is 0 Å². The van der Waals surface area contributed by atoms with Crippen LogP contribution >= 0.6 is 0 Å². The van der Waals surface area contributed by atoms with Gasteiger partial charge in [0.1, 0.15) is 12.0 Å². The van der Waals surface area contributed by atoms with E-state index in [0.717, 1.165) is 11.8 Å². The highest BCUT2D eigenvalue weighted by Gasteiger charge is 2.09. The Labute approximate surface area is 96.9 Å². The molecular weight excluding hydrogens is 224 g/mol. The lowest BCUT2D eigenvalue weighted by molar-refractivity contribution is 0.112. The number of hydrogen-bond acceptors (Lipinski definition) is 2. The topological polar surface area (TPSA) is 30.0 Å². The van der Waals surface area contributed by atoms with Crippen molar-refractivity contribution in [2.24, 2.45) is 0 Å². The molecule has 0 aliphatic carbocycles. The lowest BCUT2D eigenvalue weighted by Crippen LogP contribution is -1.90. The van der Waals surface area contributed by atoms with Crippen molar-refractivity contribution in [1.29, 1.82) is 0 Å². The normalized spacial score (nSPS) is 10.5. The summed E-state index contributed by atoms with van der Waals surface area (Å²) < 4.78 is 25.0. The fourth-order valence-corrected chi connectivity index (χ4v) is 1.54. The predicted octanol–water partition coefficient (Wildman–Crippen LogP) is 3.50. The Balaban J connectivity index is 2.45. The van der Waals surface area contributed by atoms with Crippen LogP contribution in [-0.4, -0.2) is 11.3 Å². The first-order chi connectivity index (χ1) is 8.20. The van der Waals surface area contributed by atoms with E-state index in [0.29, 0.717) is 11.1 Å². The minimum Gasteiger partial charge on any atom is -0.298 e. The highest BCUT2D eigenvalue weighted by atomic mass is 19.3. The van der Waals surface area contributed by atoms with Gasteiger partial charge in [-0.2, -0.15) is 0 Å². The van der Waals surface area contributed by atoms with Crippen LogP contribution in [0.25, 0.3) is 11.1 Å². The van der Waals surface area contributed by atoms with E-state index in [2.05, 4.69) is 4.98 Å². The third kappa shape index (κ3) is 2.53. The van der Waals surface area contributed by atoms with Crippen molar-refractivity contribution in [3.63, 3.8) is 0 Å². The van der Waals surface area contributed by atoms with Crippen molar-refractivity contribution in [2.45, 2.75) is 6.43 Å². The Hall–Kier alpha value is -2.10. The highest BCUT2D eigenvalue weighted by Crippen LogP contribution is 2.24. The summed E-state index contributed by atoms with van der Waals surface area (Å²) in [5, 5.41) is 0. The van der Waals surface area contributed by atoms with Gasteiger partial charge in [0.05, 0.1) is 0 Å². The summed E-state index contributed by atoms with van der Waals surface area (Å²) in [6.45, 7) is 0. The van der Waals surface area contributed by atoms with E-state index >= 15 is 0 Å². The Morgan fingerprint density at radius 3 is 2.59 bits per heavy atom. The molecule has 0 radical (unpaired) electrons. The molecule has 0 aliphatic heterocycles. The zero-order valence-electron chi connectivity index (χ0n) is 8.81. The van der Waals surface area contributed by atoms with Crippen LogP contribution in [0.5, 0.6) is 0 Å². The summed E-state index contributed by atoms with van der Waals surface area (Å²) in [5.74, 6) is 0. The summed E-state index contributed by atoms with van der Waals surface area (Å²) in [4.78, 5) is 14.2. The molecule has 0 N–H and O–H groups in total. The largest absolute Gasteiger partial charge is 0.298 e. The van der Waals surface area contributed by atoms with Crippen molar-refractivity contribution in [1.82, 2.24) is 4.98 Å². The van der Waals surface area contributed by atoms with Gasteiger partial charge in [0, 0.05) is 11.8 Å². The molecule has 0 saturated carbocycles. The fraction of sp³-hybridized carbons (Fsp3) is 0.0769. The second-order valence-electron chi connectivity index (χ2n) is 3.51. The predicted molar refractivity (Wildman–Crippen MR) is 60.0 cm³/mol. The monoisotopic (exact) mass is 233 g/mol. The molecule has 4 heteroatoms. The Morgan fingerprint density at radius 2 is 1.88 bits per heavy atom. The van der Waals surface area contributed by atoms with Gasteiger partial charge in [0.25, 0.3) is 6.43 Å². The quantitative estimate of drug-likeness (QED) is 0.759. The second kappa shape index (κ2) is 4.82. The maximum absolute atomic E-state index is 12.5. The molecule has 1 heterocycles. The number of aromatic nitrogens is 1. The maximum Gasteiger partial charge on any atom is 0.280 e.